The van der Waals surface area contributed by atoms with E-state index in [1.54, 1.807) is 0 Å². The lowest BCUT2D eigenvalue weighted by atomic mass is 9.94. The summed E-state index contributed by atoms with van der Waals surface area (Å²) in [5.41, 5.74) is 0. The van der Waals surface area contributed by atoms with Crippen LogP contribution in [0.1, 0.15) is 78.1 Å². The van der Waals surface area contributed by atoms with Gasteiger partial charge in [0.05, 0.1) is 50.8 Å². The van der Waals surface area contributed by atoms with E-state index in [1.807, 2.05) is 0 Å². The van der Waals surface area contributed by atoms with E-state index < -0.39 is 0 Å². The molecule has 0 bridgehead atoms. The molecule has 0 heterocycles. The molecule has 2 rings (SSSR count). The monoisotopic (exact) mass is 386 g/mol. The SMILES string of the molecule is CCCOC1CCCCC1OCCOCCOC1CCCCC1OCCC. The number of rotatable bonds is 14. The molecule has 2 aliphatic carbocycles. The van der Waals surface area contributed by atoms with Gasteiger partial charge in [-0.15, -0.1) is 0 Å². The van der Waals surface area contributed by atoms with Crippen LogP contribution in [0.25, 0.3) is 0 Å². The Bertz CT molecular complexity index is 320. The second-order valence-electron chi connectivity index (χ2n) is 7.82. The normalized spacial score (nSPS) is 29.1. The lowest BCUT2D eigenvalue weighted by Gasteiger charge is -2.31. The molecule has 4 atom stereocenters. The third-order valence-corrected chi connectivity index (χ3v) is 5.48. The maximum atomic E-state index is 6.04. The fourth-order valence-electron chi connectivity index (χ4n) is 4.05. The third-order valence-electron chi connectivity index (χ3n) is 5.48. The quantitative estimate of drug-likeness (QED) is 0.411. The van der Waals surface area contributed by atoms with Gasteiger partial charge in [-0.05, 0) is 38.5 Å². The molecular formula is C22H42O5. The highest BCUT2D eigenvalue weighted by atomic mass is 16.6. The molecule has 2 fully saturated rings. The molecule has 0 aromatic carbocycles. The summed E-state index contributed by atoms with van der Waals surface area (Å²) in [7, 11) is 0. The first-order valence-corrected chi connectivity index (χ1v) is 11.4. The Balaban J connectivity index is 1.51. The van der Waals surface area contributed by atoms with Crippen molar-refractivity contribution in [3.05, 3.63) is 0 Å². The number of ether oxygens (including phenoxy) is 5. The highest BCUT2D eigenvalue weighted by molar-refractivity contribution is 4.77. The first-order chi connectivity index (χ1) is 13.3. The molecule has 0 amide bonds. The minimum Gasteiger partial charge on any atom is -0.377 e. The fraction of sp³-hybridized carbons (Fsp3) is 1.00. The van der Waals surface area contributed by atoms with Crippen molar-refractivity contribution in [2.24, 2.45) is 0 Å². The summed E-state index contributed by atoms with van der Waals surface area (Å²) in [6.45, 7) is 8.51. The second-order valence-corrected chi connectivity index (χ2v) is 7.82. The van der Waals surface area contributed by atoms with Gasteiger partial charge in [-0.2, -0.15) is 0 Å². The van der Waals surface area contributed by atoms with Crippen LogP contribution < -0.4 is 0 Å². The summed E-state index contributed by atoms with van der Waals surface area (Å²) in [4.78, 5) is 0. The molecular weight excluding hydrogens is 344 g/mol. The van der Waals surface area contributed by atoms with Gasteiger partial charge in [-0.25, -0.2) is 0 Å². The van der Waals surface area contributed by atoms with E-state index in [-0.39, 0.29) is 24.4 Å². The summed E-state index contributed by atoms with van der Waals surface area (Å²) in [5, 5.41) is 0. The Morgan fingerprint density at radius 1 is 0.481 bits per heavy atom. The van der Waals surface area contributed by atoms with Gasteiger partial charge in [0.1, 0.15) is 0 Å². The lowest BCUT2D eigenvalue weighted by Crippen LogP contribution is -2.36. The zero-order valence-electron chi connectivity index (χ0n) is 17.7. The van der Waals surface area contributed by atoms with Crippen molar-refractivity contribution in [1.29, 1.82) is 0 Å². The van der Waals surface area contributed by atoms with Crippen LogP contribution in [-0.2, 0) is 23.7 Å². The van der Waals surface area contributed by atoms with Crippen molar-refractivity contribution in [3.63, 3.8) is 0 Å². The standard InChI is InChI=1S/C22H42O5/c1-3-13-24-19-9-5-7-11-21(19)26-17-15-23-16-18-27-22-12-8-6-10-20(22)25-14-4-2/h19-22H,3-18H2,1-2H3. The highest BCUT2D eigenvalue weighted by Crippen LogP contribution is 2.25. The highest BCUT2D eigenvalue weighted by Gasteiger charge is 2.27. The predicted octanol–water partition coefficient (Wildman–Crippen LogP) is 4.51. The van der Waals surface area contributed by atoms with E-state index in [0.29, 0.717) is 26.4 Å². The summed E-state index contributed by atoms with van der Waals surface area (Å²) in [6, 6.07) is 0. The Kier molecular flexibility index (Phi) is 12.6. The predicted molar refractivity (Wildman–Crippen MR) is 107 cm³/mol. The van der Waals surface area contributed by atoms with Gasteiger partial charge >= 0.3 is 0 Å². The second kappa shape index (κ2) is 14.7. The van der Waals surface area contributed by atoms with Gasteiger partial charge in [-0.1, -0.05) is 39.5 Å². The lowest BCUT2D eigenvalue weighted by molar-refractivity contribution is -0.113. The van der Waals surface area contributed by atoms with E-state index >= 15 is 0 Å². The van der Waals surface area contributed by atoms with Crippen LogP contribution in [0.15, 0.2) is 0 Å². The fourth-order valence-corrected chi connectivity index (χ4v) is 4.05. The molecule has 0 N–H and O–H groups in total. The molecule has 0 aromatic heterocycles. The molecule has 0 aliphatic heterocycles. The number of hydrogen-bond donors (Lipinski definition) is 0. The smallest absolute Gasteiger partial charge is 0.0837 e. The summed E-state index contributed by atoms with van der Waals surface area (Å²) < 4.78 is 29.7. The minimum absolute atomic E-state index is 0.240. The van der Waals surface area contributed by atoms with Gasteiger partial charge in [0.15, 0.2) is 0 Å². The van der Waals surface area contributed by atoms with E-state index in [9.17, 15) is 0 Å². The van der Waals surface area contributed by atoms with Crippen LogP contribution in [0.4, 0.5) is 0 Å². The molecule has 2 aliphatic rings. The Labute approximate surface area is 166 Å². The zero-order chi connectivity index (χ0) is 19.2. The first kappa shape index (κ1) is 23.1. The molecule has 5 heteroatoms. The molecule has 27 heavy (non-hydrogen) atoms. The zero-order valence-corrected chi connectivity index (χ0v) is 17.7. The van der Waals surface area contributed by atoms with Gasteiger partial charge in [0.25, 0.3) is 0 Å². The molecule has 2 saturated carbocycles. The van der Waals surface area contributed by atoms with E-state index in [4.69, 9.17) is 23.7 Å². The van der Waals surface area contributed by atoms with Crippen molar-refractivity contribution >= 4 is 0 Å². The molecule has 0 radical (unpaired) electrons. The van der Waals surface area contributed by atoms with Crippen LogP contribution in [0.3, 0.4) is 0 Å². The molecule has 5 nitrogen and oxygen atoms in total. The van der Waals surface area contributed by atoms with E-state index in [2.05, 4.69) is 13.8 Å². The van der Waals surface area contributed by atoms with Crippen molar-refractivity contribution in [3.8, 4) is 0 Å². The Morgan fingerprint density at radius 2 is 0.815 bits per heavy atom. The minimum atomic E-state index is 0.240. The molecule has 4 unspecified atom stereocenters. The molecule has 0 aromatic rings. The van der Waals surface area contributed by atoms with Crippen molar-refractivity contribution in [2.75, 3.05) is 39.6 Å². The molecule has 0 spiro atoms. The topological polar surface area (TPSA) is 46.2 Å². The van der Waals surface area contributed by atoms with Crippen LogP contribution in [-0.4, -0.2) is 64.1 Å². The van der Waals surface area contributed by atoms with Crippen molar-refractivity contribution in [1.82, 2.24) is 0 Å². The maximum absolute atomic E-state index is 6.04. The Hall–Kier alpha value is -0.200. The van der Waals surface area contributed by atoms with Gasteiger partial charge in [0.2, 0.25) is 0 Å². The van der Waals surface area contributed by atoms with Gasteiger partial charge < -0.3 is 23.7 Å². The van der Waals surface area contributed by atoms with E-state index in [0.717, 1.165) is 51.7 Å². The molecule has 0 saturated heterocycles. The number of hydrogen-bond acceptors (Lipinski definition) is 5. The van der Waals surface area contributed by atoms with Crippen LogP contribution in [0.2, 0.25) is 0 Å². The summed E-state index contributed by atoms with van der Waals surface area (Å²) in [5.74, 6) is 0. The maximum Gasteiger partial charge on any atom is 0.0837 e. The average molecular weight is 387 g/mol. The van der Waals surface area contributed by atoms with Gasteiger partial charge in [-0.3, -0.25) is 0 Å². The first-order valence-electron chi connectivity index (χ1n) is 11.4. The van der Waals surface area contributed by atoms with Gasteiger partial charge in [0, 0.05) is 13.2 Å². The largest absolute Gasteiger partial charge is 0.377 e. The summed E-state index contributed by atoms with van der Waals surface area (Å²) >= 11 is 0. The van der Waals surface area contributed by atoms with Crippen LogP contribution in [0, 0.1) is 0 Å². The van der Waals surface area contributed by atoms with Crippen LogP contribution in [0.5, 0.6) is 0 Å². The van der Waals surface area contributed by atoms with Crippen molar-refractivity contribution < 1.29 is 23.7 Å². The van der Waals surface area contributed by atoms with Crippen molar-refractivity contribution in [2.45, 2.75) is 102 Å². The summed E-state index contributed by atoms with van der Waals surface area (Å²) in [6.07, 6.45) is 12.6. The third kappa shape index (κ3) is 9.23. The molecule has 160 valence electrons. The average Bonchev–Trinajstić information content (AvgIpc) is 2.71. The van der Waals surface area contributed by atoms with Crippen LogP contribution >= 0.6 is 0 Å². The van der Waals surface area contributed by atoms with E-state index in [1.165, 1.54) is 25.7 Å². The Morgan fingerprint density at radius 3 is 1.15 bits per heavy atom.